The molecular formula is C29H37NaO10. The summed E-state index contributed by atoms with van der Waals surface area (Å²) in [6.07, 6.45) is 5.77. The summed E-state index contributed by atoms with van der Waals surface area (Å²) in [5.41, 5.74) is 0.0373. The molecule has 2 aromatic carbocycles. The molecule has 3 fully saturated rings. The van der Waals surface area contributed by atoms with E-state index in [0.717, 1.165) is 25.0 Å². The largest absolute Gasteiger partial charge is 1.00 e. The first-order valence-electron chi connectivity index (χ1n) is 14.3. The Bertz CT molecular complexity index is 1340. The van der Waals surface area contributed by atoms with E-state index < -0.39 is 30.3 Å². The summed E-state index contributed by atoms with van der Waals surface area (Å²) in [4.78, 5) is 22.9. The first kappa shape index (κ1) is 27.7. The van der Waals surface area contributed by atoms with Gasteiger partial charge in [-0.05, 0) is 80.8 Å². The van der Waals surface area contributed by atoms with E-state index in [1.54, 1.807) is 36.4 Å². The van der Waals surface area contributed by atoms with Gasteiger partial charge in [0.15, 0.2) is 23.0 Å². The van der Waals surface area contributed by atoms with E-state index in [9.17, 15) is 9.59 Å². The predicted molar refractivity (Wildman–Crippen MR) is 140 cm³/mol. The second kappa shape index (κ2) is 13.9. The second-order valence-electron chi connectivity index (χ2n) is 9.68. The third-order valence-corrected chi connectivity index (χ3v) is 7.24. The fourth-order valence-corrected chi connectivity index (χ4v) is 4.58. The van der Waals surface area contributed by atoms with Crippen molar-refractivity contribution in [3.05, 3.63) is 47.5 Å². The molecule has 0 spiro atoms. The van der Waals surface area contributed by atoms with Crippen LogP contribution in [-0.2, 0) is 29.9 Å². The number of methoxy groups -OCH3 is 1. The fourth-order valence-electron chi connectivity index (χ4n) is 4.58. The minimum atomic E-state index is -2.17. The molecule has 2 aliphatic carbocycles. The van der Waals surface area contributed by atoms with Gasteiger partial charge in [0.05, 0.1) is 24.0 Å². The molecule has 3 aliphatic heterocycles. The average Bonchev–Trinajstić information content (AvgIpc) is 3.79. The van der Waals surface area contributed by atoms with Crippen molar-refractivity contribution in [1.29, 1.82) is 0 Å². The molecule has 1 atom stereocenters. The smallest absolute Gasteiger partial charge is 0.870 e. The molecule has 0 bridgehead atoms. The number of rotatable bonds is 4. The van der Waals surface area contributed by atoms with E-state index >= 15 is 0 Å². The maximum atomic E-state index is 11.8. The van der Waals surface area contributed by atoms with E-state index in [2.05, 4.69) is 6.92 Å². The summed E-state index contributed by atoms with van der Waals surface area (Å²) in [5, 5.41) is 9.16. The quantitative estimate of drug-likeness (QED) is 0.426. The van der Waals surface area contributed by atoms with Crippen LogP contribution in [0.15, 0.2) is 36.4 Å². The van der Waals surface area contributed by atoms with Crippen LogP contribution in [-0.4, -0.2) is 55.8 Å². The van der Waals surface area contributed by atoms with E-state index in [-0.39, 0.29) is 54.2 Å². The van der Waals surface area contributed by atoms with Gasteiger partial charge in [0.2, 0.25) is 13.5 Å². The van der Waals surface area contributed by atoms with Gasteiger partial charge in [-0.1, -0.05) is 19.6 Å². The molecule has 2 aromatic rings. The van der Waals surface area contributed by atoms with Gasteiger partial charge < -0.3 is 39.0 Å². The van der Waals surface area contributed by atoms with Crippen molar-refractivity contribution in [3.8, 4) is 23.0 Å². The number of ether oxygens (including phenoxy) is 6. The third-order valence-electron chi connectivity index (χ3n) is 7.24. The Morgan fingerprint density at radius 1 is 0.900 bits per heavy atom. The zero-order valence-electron chi connectivity index (χ0n) is 26.2. The number of carbonyl (C=O) groups excluding carboxylic acids is 1. The van der Waals surface area contributed by atoms with Gasteiger partial charge in [-0.25, -0.2) is 0 Å². The Balaban J connectivity index is 0.000000245. The van der Waals surface area contributed by atoms with Crippen LogP contribution in [0.3, 0.4) is 0 Å². The molecule has 10 nitrogen and oxygen atoms in total. The Morgan fingerprint density at radius 3 is 1.73 bits per heavy atom. The van der Waals surface area contributed by atoms with Crippen LogP contribution in [0.5, 0.6) is 23.0 Å². The first-order chi connectivity index (χ1) is 19.3. The SMILES string of the molecule is C.CC1CCCO1.[2H]C1([2H])Oc2ccc(C3(C(=O)O)CC3)cc2O1.[2H]C1([2H])Oc2ccc(C3(C(=O)OC)CC3)cc2O1.[Na+].[OH-]. The summed E-state index contributed by atoms with van der Waals surface area (Å²) >= 11 is 0. The summed E-state index contributed by atoms with van der Waals surface area (Å²) in [7, 11) is 1.37. The second-order valence-corrected chi connectivity index (χ2v) is 9.68. The molecule has 214 valence electrons. The number of benzene rings is 2. The van der Waals surface area contributed by atoms with Gasteiger partial charge in [0.25, 0.3) is 0 Å². The van der Waals surface area contributed by atoms with Gasteiger partial charge >= 0.3 is 41.5 Å². The molecule has 3 heterocycles. The summed E-state index contributed by atoms with van der Waals surface area (Å²) in [6, 6.07) is 9.81. The number of fused-ring (bicyclic) bond motifs is 2. The number of aliphatic carboxylic acids is 1. The van der Waals surface area contributed by atoms with Crippen molar-refractivity contribution < 1.29 is 83.6 Å². The Kier molecular flexibility index (Phi) is 9.62. The molecule has 11 heteroatoms. The van der Waals surface area contributed by atoms with E-state index in [1.165, 1.54) is 20.0 Å². The van der Waals surface area contributed by atoms with Crippen molar-refractivity contribution in [2.24, 2.45) is 0 Å². The van der Waals surface area contributed by atoms with Gasteiger partial charge in [-0.3, -0.25) is 9.59 Å². The predicted octanol–water partition coefficient (Wildman–Crippen LogP) is 1.80. The minimum absolute atomic E-state index is 0. The number of carbonyl (C=O) groups is 2. The number of hydrogen-bond acceptors (Lipinski definition) is 9. The number of esters is 1. The van der Waals surface area contributed by atoms with Crippen LogP contribution in [0.4, 0.5) is 0 Å². The number of carboxylic acids is 1. The molecule has 0 radical (unpaired) electrons. The van der Waals surface area contributed by atoms with Crippen molar-refractivity contribution in [2.75, 3.05) is 27.2 Å². The van der Waals surface area contributed by atoms with Crippen molar-refractivity contribution >= 4 is 11.9 Å². The fraction of sp³-hybridized carbons (Fsp3) is 0.517. The van der Waals surface area contributed by atoms with Crippen LogP contribution >= 0.6 is 0 Å². The summed E-state index contributed by atoms with van der Waals surface area (Å²) < 4.78 is 59.2. The van der Waals surface area contributed by atoms with Crippen LogP contribution < -0.4 is 48.5 Å². The number of carboxylic acid groups (broad SMARTS) is 1. The molecule has 2 saturated carbocycles. The zero-order valence-corrected chi connectivity index (χ0v) is 24.2. The van der Waals surface area contributed by atoms with Crippen molar-refractivity contribution in [2.45, 2.75) is 69.8 Å². The molecule has 5 aliphatic rings. The van der Waals surface area contributed by atoms with Crippen molar-refractivity contribution in [3.63, 3.8) is 0 Å². The van der Waals surface area contributed by atoms with Gasteiger partial charge in [-0.15, -0.1) is 0 Å². The maximum absolute atomic E-state index is 11.8. The van der Waals surface area contributed by atoms with E-state index in [0.29, 0.717) is 41.8 Å². The molecule has 0 aromatic heterocycles. The average molecular weight is 573 g/mol. The molecule has 40 heavy (non-hydrogen) atoms. The normalized spacial score (nSPS) is 24.4. The summed E-state index contributed by atoms with van der Waals surface area (Å²) in [5.74, 6) is 0.140. The first-order valence-corrected chi connectivity index (χ1v) is 12.3. The monoisotopic (exact) mass is 572 g/mol. The molecular weight excluding hydrogens is 531 g/mol. The zero-order chi connectivity index (χ0) is 29.6. The topological polar surface area (TPSA) is 140 Å². The molecule has 1 unspecified atom stereocenters. The maximum Gasteiger partial charge on any atom is 1.00 e. The number of hydrogen-bond donors (Lipinski definition) is 1. The molecule has 2 N–H and O–H groups in total. The van der Waals surface area contributed by atoms with Gasteiger partial charge in [-0.2, -0.15) is 0 Å². The Hall–Kier alpha value is -2.50. The molecule has 7 rings (SSSR count). The van der Waals surface area contributed by atoms with Crippen LogP contribution in [0, 0.1) is 0 Å². The van der Waals surface area contributed by atoms with Gasteiger partial charge in [0, 0.05) is 6.61 Å². The molecule has 0 amide bonds. The Morgan fingerprint density at radius 2 is 1.38 bits per heavy atom. The summed E-state index contributed by atoms with van der Waals surface area (Å²) in [6.45, 7) is -1.20. The van der Waals surface area contributed by atoms with Gasteiger partial charge in [0.1, 0.15) is 5.48 Å². The van der Waals surface area contributed by atoms with Crippen LogP contribution in [0.1, 0.15) is 69.5 Å². The minimum Gasteiger partial charge on any atom is -0.870 e. The molecule has 1 saturated heterocycles. The third kappa shape index (κ3) is 6.86. The van der Waals surface area contributed by atoms with Crippen LogP contribution in [0.25, 0.3) is 0 Å². The van der Waals surface area contributed by atoms with Crippen LogP contribution in [0.2, 0.25) is 0 Å². The van der Waals surface area contributed by atoms with Crippen molar-refractivity contribution in [1.82, 2.24) is 0 Å². The Labute approximate surface area is 262 Å². The van der Waals surface area contributed by atoms with E-state index in [1.807, 2.05) is 0 Å². The van der Waals surface area contributed by atoms with E-state index in [4.69, 9.17) is 39.0 Å². The standard InChI is InChI=1S/C12H12O4.C11H10O4.C5H10O.CH4.Na.H2O/c1-14-11(13)12(4-5-12)8-2-3-9-10(6-8)16-7-15-9;12-10(13)11(3-4-11)7-1-2-8-9(5-7)15-6-14-8;1-5-3-2-4-6-5;;;/h2-3,6H,4-5,7H2,1H3;1-2,5H,3-4,6H2,(H,12,13);5H,2-4H2,1H3;1H4;;1H2/q;;;;+1;/p-1/i7D2;6D2;;;;.